The van der Waals surface area contributed by atoms with E-state index in [-0.39, 0.29) is 23.2 Å². The fraction of sp³-hybridized carbons (Fsp3) is 0.310. The molecular weight excluding hydrogens is 488 g/mol. The van der Waals surface area contributed by atoms with Crippen molar-refractivity contribution in [1.29, 1.82) is 0 Å². The zero-order chi connectivity index (χ0) is 26.3. The van der Waals surface area contributed by atoms with Crippen LogP contribution in [0.1, 0.15) is 54.1 Å². The predicted octanol–water partition coefficient (Wildman–Crippen LogP) is 5.36. The van der Waals surface area contributed by atoms with Crippen molar-refractivity contribution >= 4 is 33.3 Å². The lowest BCUT2D eigenvalue weighted by atomic mass is 10.0. The van der Waals surface area contributed by atoms with E-state index in [2.05, 4.69) is 5.32 Å². The second kappa shape index (κ2) is 12.1. The van der Waals surface area contributed by atoms with E-state index in [0.29, 0.717) is 30.8 Å². The zero-order valence-electron chi connectivity index (χ0n) is 21.0. The zero-order valence-corrected chi connectivity index (χ0v) is 21.8. The molecule has 0 aliphatic carbocycles. The van der Waals surface area contributed by atoms with Crippen LogP contribution >= 0.6 is 0 Å². The Bertz CT molecular complexity index is 1340. The maximum atomic E-state index is 13.3. The van der Waals surface area contributed by atoms with Crippen molar-refractivity contribution in [3.05, 3.63) is 89.5 Å². The monoisotopic (exact) mass is 520 g/mol. The van der Waals surface area contributed by atoms with Crippen molar-refractivity contribution < 1.29 is 22.7 Å². The van der Waals surface area contributed by atoms with E-state index in [1.807, 2.05) is 31.2 Å². The summed E-state index contributed by atoms with van der Waals surface area (Å²) < 4.78 is 33.3. The largest absolute Gasteiger partial charge is 0.462 e. The van der Waals surface area contributed by atoms with Gasteiger partial charge < -0.3 is 10.1 Å². The Morgan fingerprint density at radius 3 is 2.43 bits per heavy atom. The maximum absolute atomic E-state index is 13.3. The smallest absolute Gasteiger partial charge is 0.338 e. The topological polar surface area (TPSA) is 92.8 Å². The highest BCUT2D eigenvalue weighted by molar-refractivity contribution is 7.92. The summed E-state index contributed by atoms with van der Waals surface area (Å²) in [5.41, 5.74) is 3.70. The summed E-state index contributed by atoms with van der Waals surface area (Å²) in [6.45, 7) is 2.88. The fourth-order valence-electron chi connectivity index (χ4n) is 4.27. The Morgan fingerprint density at radius 2 is 1.70 bits per heavy atom. The molecule has 1 aliphatic heterocycles. The average molecular weight is 521 g/mol. The molecule has 0 unspecified atom stereocenters. The number of benzene rings is 3. The molecule has 194 valence electrons. The van der Waals surface area contributed by atoms with Crippen LogP contribution in [0.3, 0.4) is 0 Å². The normalized spacial score (nSPS) is 13.1. The van der Waals surface area contributed by atoms with Crippen LogP contribution in [0.5, 0.6) is 0 Å². The molecule has 1 amide bonds. The number of nitrogens with one attached hydrogen (secondary N) is 1. The van der Waals surface area contributed by atoms with Crippen molar-refractivity contribution in [2.45, 2.75) is 50.3 Å². The Labute approximate surface area is 218 Å². The van der Waals surface area contributed by atoms with Gasteiger partial charge in [0.05, 0.1) is 22.8 Å². The van der Waals surface area contributed by atoms with E-state index < -0.39 is 10.0 Å². The van der Waals surface area contributed by atoms with Gasteiger partial charge in [0.2, 0.25) is 5.91 Å². The van der Waals surface area contributed by atoms with Crippen LogP contribution in [-0.2, 0) is 32.4 Å². The molecule has 8 heteroatoms. The number of aryl methyl sites for hydroxylation is 2. The lowest BCUT2D eigenvalue weighted by Crippen LogP contribution is -2.35. The number of rotatable bonds is 10. The third-order valence-corrected chi connectivity index (χ3v) is 8.18. The number of carbonyl (C=O) groups is 2. The average Bonchev–Trinajstić information content (AvgIpc) is 2.92. The second-order valence-corrected chi connectivity index (χ2v) is 10.9. The standard InChI is InChI=1S/C29H32N2O5S/c1-2-3-21-36-29(33)24-13-15-25(16-14-24)30-28(32)19-12-22-10-17-26(18-11-22)37(34,35)31-20-6-8-23-7-4-5-9-27(23)31/h4-5,7,9-11,13-18H,2-3,6,8,12,19-21H2,1H3,(H,30,32). The molecule has 0 bridgehead atoms. The molecule has 37 heavy (non-hydrogen) atoms. The molecule has 0 aromatic heterocycles. The fourth-order valence-corrected chi connectivity index (χ4v) is 5.81. The van der Waals surface area contributed by atoms with Gasteiger partial charge in [-0.15, -0.1) is 0 Å². The summed E-state index contributed by atoms with van der Waals surface area (Å²) >= 11 is 0. The van der Waals surface area contributed by atoms with Gasteiger partial charge in [-0.2, -0.15) is 0 Å². The third kappa shape index (κ3) is 6.57. The molecule has 1 N–H and O–H groups in total. The third-order valence-electron chi connectivity index (χ3n) is 6.36. The molecule has 0 spiro atoms. The first kappa shape index (κ1) is 26.4. The van der Waals surface area contributed by atoms with E-state index in [0.717, 1.165) is 42.5 Å². The molecule has 3 aromatic carbocycles. The van der Waals surface area contributed by atoms with Crippen molar-refractivity contribution in [2.24, 2.45) is 0 Å². The minimum atomic E-state index is -3.66. The molecule has 0 saturated heterocycles. The molecule has 1 aliphatic rings. The first-order valence-corrected chi connectivity index (χ1v) is 14.1. The molecule has 0 atom stereocenters. The van der Waals surface area contributed by atoms with E-state index >= 15 is 0 Å². The summed E-state index contributed by atoms with van der Waals surface area (Å²) in [5, 5.41) is 2.83. The Hall–Kier alpha value is -3.65. The summed E-state index contributed by atoms with van der Waals surface area (Å²) in [4.78, 5) is 24.7. The number of unbranched alkanes of at least 4 members (excludes halogenated alkanes) is 1. The number of esters is 1. The number of nitrogens with zero attached hydrogens (tertiary/aromatic N) is 1. The molecule has 0 radical (unpaired) electrons. The lowest BCUT2D eigenvalue weighted by Gasteiger charge is -2.30. The van der Waals surface area contributed by atoms with Crippen LogP contribution < -0.4 is 9.62 Å². The number of hydrogen-bond donors (Lipinski definition) is 1. The van der Waals surface area contributed by atoms with Gasteiger partial charge in [0.1, 0.15) is 0 Å². The lowest BCUT2D eigenvalue weighted by molar-refractivity contribution is -0.116. The summed E-state index contributed by atoms with van der Waals surface area (Å²) in [6.07, 6.45) is 4.15. The highest BCUT2D eigenvalue weighted by Crippen LogP contribution is 2.31. The maximum Gasteiger partial charge on any atom is 0.338 e. The second-order valence-electron chi connectivity index (χ2n) is 9.07. The Balaban J connectivity index is 1.31. The minimum Gasteiger partial charge on any atom is -0.462 e. The van der Waals surface area contributed by atoms with Gasteiger partial charge in [-0.05, 0) is 79.3 Å². The Morgan fingerprint density at radius 1 is 0.973 bits per heavy atom. The quantitative estimate of drug-likeness (QED) is 0.287. The minimum absolute atomic E-state index is 0.167. The van der Waals surface area contributed by atoms with E-state index in [4.69, 9.17) is 4.74 Å². The van der Waals surface area contributed by atoms with E-state index in [9.17, 15) is 18.0 Å². The molecule has 7 nitrogen and oxygen atoms in total. The first-order valence-electron chi connectivity index (χ1n) is 12.6. The molecule has 3 aromatic rings. The van der Waals surface area contributed by atoms with E-state index in [1.54, 1.807) is 48.5 Å². The number of hydrogen-bond acceptors (Lipinski definition) is 5. The number of ether oxygens (including phenoxy) is 1. The van der Waals surface area contributed by atoms with Gasteiger partial charge in [-0.1, -0.05) is 43.7 Å². The van der Waals surface area contributed by atoms with Gasteiger partial charge in [0, 0.05) is 18.7 Å². The number of sulfonamides is 1. The first-order chi connectivity index (χ1) is 17.9. The van der Waals surface area contributed by atoms with Crippen molar-refractivity contribution in [1.82, 2.24) is 0 Å². The molecule has 0 fully saturated rings. The summed E-state index contributed by atoms with van der Waals surface area (Å²) in [5.74, 6) is -0.541. The molecule has 4 rings (SSSR count). The molecule has 1 heterocycles. The highest BCUT2D eigenvalue weighted by atomic mass is 32.2. The highest BCUT2D eigenvalue weighted by Gasteiger charge is 2.28. The van der Waals surface area contributed by atoms with Crippen LogP contribution in [0.2, 0.25) is 0 Å². The van der Waals surface area contributed by atoms with Gasteiger partial charge in [-0.3, -0.25) is 9.10 Å². The van der Waals surface area contributed by atoms with Crippen LogP contribution in [0.15, 0.2) is 77.7 Å². The van der Waals surface area contributed by atoms with Crippen molar-refractivity contribution in [3.63, 3.8) is 0 Å². The number of carbonyl (C=O) groups excluding carboxylic acids is 2. The van der Waals surface area contributed by atoms with Crippen LogP contribution in [0.25, 0.3) is 0 Å². The summed E-state index contributed by atoms with van der Waals surface area (Å²) in [7, 11) is -3.66. The van der Waals surface area contributed by atoms with Gasteiger partial charge >= 0.3 is 5.97 Å². The Kier molecular flexibility index (Phi) is 8.61. The SMILES string of the molecule is CCCCOC(=O)c1ccc(NC(=O)CCc2ccc(S(=O)(=O)N3CCCc4ccccc43)cc2)cc1. The number of fused-ring (bicyclic) bond motifs is 1. The summed E-state index contributed by atoms with van der Waals surface area (Å²) in [6, 6.07) is 21.0. The molecular formula is C29H32N2O5S. The predicted molar refractivity (Wildman–Crippen MR) is 144 cm³/mol. The van der Waals surface area contributed by atoms with Gasteiger partial charge in [-0.25, -0.2) is 13.2 Å². The van der Waals surface area contributed by atoms with E-state index in [1.165, 1.54) is 4.31 Å². The number of anilines is 2. The van der Waals surface area contributed by atoms with Crippen LogP contribution in [-0.4, -0.2) is 33.4 Å². The van der Waals surface area contributed by atoms with Crippen LogP contribution in [0, 0.1) is 0 Å². The van der Waals surface area contributed by atoms with Crippen molar-refractivity contribution in [3.8, 4) is 0 Å². The van der Waals surface area contributed by atoms with Crippen molar-refractivity contribution in [2.75, 3.05) is 22.8 Å². The van der Waals surface area contributed by atoms with Gasteiger partial charge in [0.15, 0.2) is 0 Å². The number of para-hydroxylation sites is 1. The van der Waals surface area contributed by atoms with Crippen LogP contribution in [0.4, 0.5) is 11.4 Å². The molecule has 0 saturated carbocycles. The number of amides is 1. The van der Waals surface area contributed by atoms with Gasteiger partial charge in [0.25, 0.3) is 10.0 Å².